The lowest BCUT2D eigenvalue weighted by Gasteiger charge is -1.89. The Morgan fingerprint density at radius 3 is 1.20 bits per heavy atom. The van der Waals surface area contributed by atoms with E-state index < -0.39 is 11.9 Å². The number of aliphatic carboxylic acids is 2. The van der Waals surface area contributed by atoms with Gasteiger partial charge in [0.15, 0.2) is 0 Å². The lowest BCUT2D eigenvalue weighted by Crippen LogP contribution is -2.03. The van der Waals surface area contributed by atoms with Crippen molar-refractivity contribution in [3.05, 3.63) is 35.9 Å². The number of carbonyl (C=O) groups is 2. The molecule has 0 aliphatic rings. The van der Waals surface area contributed by atoms with Crippen molar-refractivity contribution in [2.24, 2.45) is 11.8 Å². The number of hydrogen-bond donors (Lipinski definition) is 2. The average molecular weight is 286 g/mol. The summed E-state index contributed by atoms with van der Waals surface area (Å²) in [5.74, 6) is -1.94. The maximum absolute atomic E-state index is 9.70. The standard InChI is InChI=1S/C7H8.2C4H8O2.H2O/c1-7-5-3-2-4-6-7;2*1-3(2)4(5)6;/h2-6H,1H3;2*3H,1-2H3,(H,5,6);1H2. The van der Waals surface area contributed by atoms with E-state index in [1.54, 1.807) is 27.7 Å². The van der Waals surface area contributed by atoms with Gasteiger partial charge < -0.3 is 15.7 Å². The topological polar surface area (TPSA) is 106 Å². The van der Waals surface area contributed by atoms with E-state index in [1.807, 2.05) is 18.2 Å². The molecule has 116 valence electrons. The highest BCUT2D eigenvalue weighted by Crippen LogP contribution is 1.92. The number of rotatable bonds is 2. The predicted molar refractivity (Wildman–Crippen MR) is 79.7 cm³/mol. The van der Waals surface area contributed by atoms with E-state index in [9.17, 15) is 9.59 Å². The highest BCUT2D eigenvalue weighted by molar-refractivity contribution is 5.69. The van der Waals surface area contributed by atoms with Crippen LogP contribution in [-0.2, 0) is 9.59 Å². The lowest BCUT2D eigenvalue weighted by molar-refractivity contribution is -0.141. The number of carboxylic acid groups (broad SMARTS) is 2. The van der Waals surface area contributed by atoms with Crippen molar-refractivity contribution < 1.29 is 25.3 Å². The maximum Gasteiger partial charge on any atom is 0.305 e. The first-order valence-electron chi connectivity index (χ1n) is 6.15. The Morgan fingerprint density at radius 1 is 0.850 bits per heavy atom. The van der Waals surface area contributed by atoms with Gasteiger partial charge in [0.05, 0.1) is 11.8 Å². The summed E-state index contributed by atoms with van der Waals surface area (Å²) in [5, 5.41) is 16.0. The number of carboxylic acids is 2. The lowest BCUT2D eigenvalue weighted by atomic mass is 10.2. The Bertz CT molecular complexity index is 340. The monoisotopic (exact) mass is 286 g/mol. The van der Waals surface area contributed by atoms with Crippen LogP contribution >= 0.6 is 0 Å². The molecule has 1 aromatic carbocycles. The Labute approximate surface area is 120 Å². The Kier molecular flexibility index (Phi) is 15.7. The van der Waals surface area contributed by atoms with Crippen molar-refractivity contribution in [2.45, 2.75) is 34.6 Å². The van der Waals surface area contributed by atoms with Crippen LogP contribution in [0.3, 0.4) is 0 Å². The summed E-state index contributed by atoms with van der Waals surface area (Å²) in [7, 11) is 0. The van der Waals surface area contributed by atoms with Crippen LogP contribution in [0.5, 0.6) is 0 Å². The molecule has 0 fully saturated rings. The summed E-state index contributed by atoms with van der Waals surface area (Å²) >= 11 is 0. The highest BCUT2D eigenvalue weighted by Gasteiger charge is 1.99. The van der Waals surface area contributed by atoms with Crippen LogP contribution in [0, 0.1) is 18.8 Å². The summed E-state index contributed by atoms with van der Waals surface area (Å²) in [4.78, 5) is 19.4. The molecule has 1 rings (SSSR count). The zero-order valence-corrected chi connectivity index (χ0v) is 12.8. The molecule has 0 bridgehead atoms. The Morgan fingerprint density at radius 2 is 1.10 bits per heavy atom. The SMILES string of the molecule is CC(C)C(=O)O.CC(C)C(=O)O.Cc1ccccc1.O. The molecule has 0 atom stereocenters. The maximum atomic E-state index is 9.70. The molecule has 0 aromatic heterocycles. The van der Waals surface area contributed by atoms with Crippen molar-refractivity contribution in [1.82, 2.24) is 0 Å². The summed E-state index contributed by atoms with van der Waals surface area (Å²) < 4.78 is 0. The van der Waals surface area contributed by atoms with Crippen LogP contribution in [0.1, 0.15) is 33.3 Å². The van der Waals surface area contributed by atoms with Gasteiger partial charge in [-0.25, -0.2) is 0 Å². The van der Waals surface area contributed by atoms with Crippen LogP contribution in [0.4, 0.5) is 0 Å². The van der Waals surface area contributed by atoms with Crippen LogP contribution < -0.4 is 0 Å². The summed E-state index contributed by atoms with van der Waals surface area (Å²) in [6, 6.07) is 10.3. The van der Waals surface area contributed by atoms with Crippen molar-refractivity contribution >= 4 is 11.9 Å². The van der Waals surface area contributed by atoms with Crippen LogP contribution in [-0.4, -0.2) is 27.6 Å². The summed E-state index contributed by atoms with van der Waals surface area (Å²) in [5.41, 5.74) is 1.32. The molecule has 0 amide bonds. The third-order valence-corrected chi connectivity index (χ3v) is 1.93. The van der Waals surface area contributed by atoms with Crippen molar-refractivity contribution in [3.63, 3.8) is 0 Å². The largest absolute Gasteiger partial charge is 0.481 e. The first-order chi connectivity index (χ1) is 8.68. The molecule has 5 nitrogen and oxygen atoms in total. The van der Waals surface area contributed by atoms with E-state index in [1.165, 1.54) is 5.56 Å². The summed E-state index contributed by atoms with van der Waals surface area (Å²) in [6.45, 7) is 8.65. The van der Waals surface area contributed by atoms with Gasteiger partial charge in [0.1, 0.15) is 0 Å². The minimum atomic E-state index is -0.741. The fourth-order valence-corrected chi connectivity index (χ4v) is 0.534. The minimum absolute atomic E-state index is 0. The molecular weight excluding hydrogens is 260 g/mol. The van der Waals surface area contributed by atoms with Gasteiger partial charge in [-0.1, -0.05) is 63.6 Å². The number of hydrogen-bond acceptors (Lipinski definition) is 2. The van der Waals surface area contributed by atoms with Crippen molar-refractivity contribution in [3.8, 4) is 0 Å². The molecule has 4 N–H and O–H groups in total. The third-order valence-electron chi connectivity index (χ3n) is 1.93. The molecule has 0 heterocycles. The first-order valence-corrected chi connectivity index (χ1v) is 6.15. The van der Waals surface area contributed by atoms with E-state index >= 15 is 0 Å². The van der Waals surface area contributed by atoms with Gasteiger partial charge in [-0.15, -0.1) is 0 Å². The second kappa shape index (κ2) is 13.5. The fourth-order valence-electron chi connectivity index (χ4n) is 0.534. The van der Waals surface area contributed by atoms with Crippen LogP contribution in [0.25, 0.3) is 0 Å². The third kappa shape index (κ3) is 18.5. The van der Waals surface area contributed by atoms with Gasteiger partial charge in [-0.05, 0) is 6.92 Å². The zero-order chi connectivity index (χ0) is 15.4. The van der Waals surface area contributed by atoms with Gasteiger partial charge >= 0.3 is 11.9 Å². The van der Waals surface area contributed by atoms with Crippen LogP contribution in [0.15, 0.2) is 30.3 Å². The molecule has 0 radical (unpaired) electrons. The molecule has 0 saturated heterocycles. The number of benzene rings is 1. The Hall–Kier alpha value is -1.88. The molecule has 0 aliphatic heterocycles. The molecule has 0 aliphatic carbocycles. The molecule has 1 aromatic rings. The molecular formula is C15H26O5. The van der Waals surface area contributed by atoms with Crippen LogP contribution in [0.2, 0.25) is 0 Å². The smallest absolute Gasteiger partial charge is 0.305 e. The molecule has 5 heteroatoms. The normalized spacial score (nSPS) is 8.55. The van der Waals surface area contributed by atoms with E-state index in [0.29, 0.717) is 0 Å². The van der Waals surface area contributed by atoms with Gasteiger partial charge in [-0.3, -0.25) is 9.59 Å². The van der Waals surface area contributed by atoms with Gasteiger partial charge in [0, 0.05) is 0 Å². The average Bonchev–Trinajstić information content (AvgIpc) is 2.31. The highest BCUT2D eigenvalue weighted by atomic mass is 16.4. The summed E-state index contributed by atoms with van der Waals surface area (Å²) in [6.07, 6.45) is 0. The first kappa shape index (κ1) is 23.2. The van der Waals surface area contributed by atoms with Gasteiger partial charge in [0.2, 0.25) is 0 Å². The van der Waals surface area contributed by atoms with Crippen molar-refractivity contribution in [1.29, 1.82) is 0 Å². The zero-order valence-electron chi connectivity index (χ0n) is 12.8. The number of aryl methyl sites for hydroxylation is 1. The van der Waals surface area contributed by atoms with Crippen molar-refractivity contribution in [2.75, 3.05) is 0 Å². The molecule has 20 heavy (non-hydrogen) atoms. The second-order valence-electron chi connectivity index (χ2n) is 4.64. The molecule has 0 saturated carbocycles. The fraction of sp³-hybridized carbons (Fsp3) is 0.467. The van der Waals surface area contributed by atoms with E-state index in [-0.39, 0.29) is 17.3 Å². The van der Waals surface area contributed by atoms with E-state index in [2.05, 4.69) is 19.1 Å². The van der Waals surface area contributed by atoms with Gasteiger partial charge in [0.25, 0.3) is 0 Å². The molecule has 0 spiro atoms. The quantitative estimate of drug-likeness (QED) is 0.871. The van der Waals surface area contributed by atoms with Gasteiger partial charge in [-0.2, -0.15) is 0 Å². The predicted octanol–water partition coefficient (Wildman–Crippen LogP) is 2.62. The second-order valence-corrected chi connectivity index (χ2v) is 4.64. The van der Waals surface area contributed by atoms with E-state index in [4.69, 9.17) is 10.2 Å². The minimum Gasteiger partial charge on any atom is -0.481 e. The molecule has 0 unspecified atom stereocenters. The van der Waals surface area contributed by atoms with E-state index in [0.717, 1.165) is 0 Å². The Balaban J connectivity index is -0.000000213.